The van der Waals surface area contributed by atoms with Gasteiger partial charge in [0, 0.05) is 12.1 Å². The van der Waals surface area contributed by atoms with Crippen molar-refractivity contribution in [1.29, 1.82) is 0 Å². The van der Waals surface area contributed by atoms with Gasteiger partial charge < -0.3 is 24.8 Å². The molecule has 2 aromatic rings. The zero-order valence-corrected chi connectivity index (χ0v) is 15.8. The molecule has 1 aliphatic rings. The fourth-order valence-corrected chi connectivity index (χ4v) is 3.08. The third-order valence-corrected chi connectivity index (χ3v) is 4.54. The SMILES string of the molecule is COc1ccc(NC(=O)NC2CCC(Oc3ncc(F)cn3)CC2)c(OC)c1. The van der Waals surface area contributed by atoms with Gasteiger partial charge in [-0.3, -0.25) is 0 Å². The molecule has 0 radical (unpaired) electrons. The summed E-state index contributed by atoms with van der Waals surface area (Å²) >= 11 is 0. The van der Waals surface area contributed by atoms with Gasteiger partial charge in [-0.25, -0.2) is 19.2 Å². The number of amides is 2. The van der Waals surface area contributed by atoms with Gasteiger partial charge >= 0.3 is 12.0 Å². The summed E-state index contributed by atoms with van der Waals surface area (Å²) in [5.41, 5.74) is 0.561. The molecule has 1 saturated carbocycles. The Bertz CT molecular complexity index is 795. The van der Waals surface area contributed by atoms with Crippen LogP contribution in [-0.2, 0) is 0 Å². The van der Waals surface area contributed by atoms with Crippen molar-refractivity contribution in [3.63, 3.8) is 0 Å². The molecule has 3 rings (SSSR count). The van der Waals surface area contributed by atoms with Gasteiger partial charge in [0.15, 0.2) is 5.82 Å². The van der Waals surface area contributed by atoms with Crippen LogP contribution in [-0.4, -0.2) is 42.4 Å². The van der Waals surface area contributed by atoms with E-state index in [0.717, 1.165) is 38.1 Å². The van der Waals surface area contributed by atoms with E-state index in [-0.39, 0.29) is 24.2 Å². The van der Waals surface area contributed by atoms with Crippen molar-refractivity contribution in [3.8, 4) is 17.5 Å². The van der Waals surface area contributed by atoms with E-state index in [1.165, 1.54) is 7.11 Å². The highest BCUT2D eigenvalue weighted by molar-refractivity contribution is 5.91. The molecular weight excluding hydrogens is 367 g/mol. The number of hydrogen-bond acceptors (Lipinski definition) is 6. The number of nitrogens with zero attached hydrogens (tertiary/aromatic N) is 2. The number of nitrogens with one attached hydrogen (secondary N) is 2. The van der Waals surface area contributed by atoms with Crippen LogP contribution in [0, 0.1) is 5.82 Å². The van der Waals surface area contributed by atoms with Gasteiger partial charge in [-0.15, -0.1) is 0 Å². The van der Waals surface area contributed by atoms with Crippen LogP contribution in [0.2, 0.25) is 0 Å². The van der Waals surface area contributed by atoms with Crippen molar-refractivity contribution in [1.82, 2.24) is 15.3 Å². The maximum absolute atomic E-state index is 12.8. The van der Waals surface area contributed by atoms with E-state index < -0.39 is 5.82 Å². The van der Waals surface area contributed by atoms with Crippen LogP contribution < -0.4 is 24.8 Å². The van der Waals surface area contributed by atoms with Gasteiger partial charge in [0.1, 0.15) is 17.6 Å². The van der Waals surface area contributed by atoms with Crippen molar-refractivity contribution in [2.45, 2.75) is 37.8 Å². The van der Waals surface area contributed by atoms with Gasteiger partial charge in [0.05, 0.1) is 32.3 Å². The van der Waals surface area contributed by atoms with Gasteiger partial charge in [-0.05, 0) is 37.8 Å². The lowest BCUT2D eigenvalue weighted by atomic mass is 9.93. The number of benzene rings is 1. The topological polar surface area (TPSA) is 94.6 Å². The Morgan fingerprint density at radius 3 is 2.46 bits per heavy atom. The van der Waals surface area contributed by atoms with E-state index in [2.05, 4.69) is 20.6 Å². The van der Waals surface area contributed by atoms with E-state index >= 15 is 0 Å². The fraction of sp³-hybridized carbons (Fsp3) is 0.421. The predicted molar refractivity (Wildman–Crippen MR) is 100 cm³/mol. The molecule has 28 heavy (non-hydrogen) atoms. The number of urea groups is 1. The summed E-state index contributed by atoms with van der Waals surface area (Å²) in [6.45, 7) is 0. The first-order valence-corrected chi connectivity index (χ1v) is 9.01. The van der Waals surface area contributed by atoms with Crippen molar-refractivity contribution in [2.75, 3.05) is 19.5 Å². The molecule has 0 unspecified atom stereocenters. The second-order valence-electron chi connectivity index (χ2n) is 6.44. The Morgan fingerprint density at radius 1 is 1.11 bits per heavy atom. The Labute approximate surface area is 162 Å². The standard InChI is InChI=1S/C19H23FN4O4/c1-26-15-7-8-16(17(9-15)27-2)24-18(25)23-13-3-5-14(6-4-13)28-19-21-10-12(20)11-22-19/h7-11,13-14H,3-6H2,1-2H3,(H2,23,24,25). The molecular formula is C19H23FN4O4. The van der Waals surface area contributed by atoms with Crippen LogP contribution >= 0.6 is 0 Å². The molecule has 1 heterocycles. The minimum Gasteiger partial charge on any atom is -0.497 e. The largest absolute Gasteiger partial charge is 0.497 e. The minimum absolute atomic E-state index is 0.0400. The van der Waals surface area contributed by atoms with Crippen molar-refractivity contribution in [2.24, 2.45) is 0 Å². The average Bonchev–Trinajstić information content (AvgIpc) is 2.71. The quantitative estimate of drug-likeness (QED) is 0.787. The molecule has 1 fully saturated rings. The first kappa shape index (κ1) is 19.7. The Morgan fingerprint density at radius 2 is 1.82 bits per heavy atom. The van der Waals surface area contributed by atoms with Gasteiger partial charge in [-0.2, -0.15) is 0 Å². The highest BCUT2D eigenvalue weighted by Gasteiger charge is 2.24. The smallest absolute Gasteiger partial charge is 0.319 e. The van der Waals surface area contributed by atoms with Crippen LogP contribution in [0.1, 0.15) is 25.7 Å². The molecule has 2 amide bonds. The number of methoxy groups -OCH3 is 2. The molecule has 9 heteroatoms. The first-order valence-electron chi connectivity index (χ1n) is 9.01. The number of carbonyl (C=O) groups excluding carboxylic acids is 1. The highest BCUT2D eigenvalue weighted by Crippen LogP contribution is 2.29. The number of carbonyl (C=O) groups is 1. The second kappa shape index (κ2) is 9.20. The van der Waals surface area contributed by atoms with Crippen molar-refractivity contribution in [3.05, 3.63) is 36.4 Å². The molecule has 0 spiro atoms. The number of anilines is 1. The lowest BCUT2D eigenvalue weighted by molar-refractivity contribution is 0.129. The first-order chi connectivity index (χ1) is 13.6. The summed E-state index contributed by atoms with van der Waals surface area (Å²) in [4.78, 5) is 19.9. The van der Waals surface area contributed by atoms with E-state index in [1.54, 1.807) is 25.3 Å². The van der Waals surface area contributed by atoms with Crippen LogP contribution in [0.3, 0.4) is 0 Å². The number of ether oxygens (including phenoxy) is 3. The minimum atomic E-state index is -0.500. The number of halogens is 1. The third kappa shape index (κ3) is 5.21. The van der Waals surface area contributed by atoms with Crippen molar-refractivity contribution >= 4 is 11.7 Å². The van der Waals surface area contributed by atoms with E-state index in [0.29, 0.717) is 17.2 Å². The Kier molecular flexibility index (Phi) is 6.46. The Hall–Kier alpha value is -3.10. The Balaban J connectivity index is 1.46. The molecule has 150 valence electrons. The summed E-state index contributed by atoms with van der Waals surface area (Å²) in [6.07, 6.45) is 5.13. The van der Waals surface area contributed by atoms with Crippen LogP contribution in [0.4, 0.5) is 14.9 Å². The molecule has 1 aromatic carbocycles. The van der Waals surface area contributed by atoms with Crippen LogP contribution in [0.5, 0.6) is 17.5 Å². The van der Waals surface area contributed by atoms with E-state index in [9.17, 15) is 9.18 Å². The highest BCUT2D eigenvalue weighted by atomic mass is 19.1. The van der Waals surface area contributed by atoms with Gasteiger partial charge in [0.25, 0.3) is 0 Å². The zero-order valence-electron chi connectivity index (χ0n) is 15.8. The molecule has 2 N–H and O–H groups in total. The summed E-state index contributed by atoms with van der Waals surface area (Å²) in [7, 11) is 3.10. The third-order valence-electron chi connectivity index (χ3n) is 4.54. The maximum atomic E-state index is 12.8. The number of rotatable bonds is 6. The maximum Gasteiger partial charge on any atom is 0.319 e. The number of aromatic nitrogens is 2. The fourth-order valence-electron chi connectivity index (χ4n) is 3.08. The normalized spacial score (nSPS) is 18.8. The predicted octanol–water partition coefficient (Wildman–Crippen LogP) is 3.14. The molecule has 0 bridgehead atoms. The van der Waals surface area contributed by atoms with Crippen LogP contribution in [0.25, 0.3) is 0 Å². The zero-order chi connectivity index (χ0) is 19.9. The van der Waals surface area contributed by atoms with E-state index in [4.69, 9.17) is 14.2 Å². The van der Waals surface area contributed by atoms with E-state index in [1.807, 2.05) is 0 Å². The molecule has 0 aliphatic heterocycles. The summed E-state index contributed by atoms with van der Waals surface area (Å²) in [6, 6.07) is 5.09. The monoisotopic (exact) mass is 390 g/mol. The average molecular weight is 390 g/mol. The van der Waals surface area contributed by atoms with Crippen molar-refractivity contribution < 1.29 is 23.4 Å². The summed E-state index contributed by atoms with van der Waals surface area (Å²) in [5.74, 6) is 0.664. The molecule has 1 aliphatic carbocycles. The molecule has 8 nitrogen and oxygen atoms in total. The lowest BCUT2D eigenvalue weighted by Crippen LogP contribution is -2.41. The van der Waals surface area contributed by atoms with Crippen LogP contribution in [0.15, 0.2) is 30.6 Å². The summed E-state index contributed by atoms with van der Waals surface area (Å²) in [5, 5.41) is 5.76. The molecule has 0 saturated heterocycles. The second-order valence-corrected chi connectivity index (χ2v) is 6.44. The number of hydrogen-bond donors (Lipinski definition) is 2. The van der Waals surface area contributed by atoms with Gasteiger partial charge in [-0.1, -0.05) is 0 Å². The lowest BCUT2D eigenvalue weighted by Gasteiger charge is -2.28. The molecule has 0 atom stereocenters. The molecule has 1 aromatic heterocycles. The van der Waals surface area contributed by atoms with Gasteiger partial charge in [0.2, 0.25) is 0 Å². The summed E-state index contributed by atoms with van der Waals surface area (Å²) < 4.78 is 28.9.